The van der Waals surface area contributed by atoms with E-state index >= 15 is 0 Å². The van der Waals surface area contributed by atoms with Crippen molar-refractivity contribution in [3.05, 3.63) is 75.7 Å². The molecule has 0 saturated heterocycles. The van der Waals surface area contributed by atoms with Crippen LogP contribution in [0.1, 0.15) is 11.5 Å². The van der Waals surface area contributed by atoms with Crippen molar-refractivity contribution in [2.75, 3.05) is 33.3 Å². The first-order valence-electron chi connectivity index (χ1n) is 9.91. The number of hydrogen-bond acceptors (Lipinski definition) is 9. The summed E-state index contributed by atoms with van der Waals surface area (Å²) in [7, 11) is 5.15. The van der Waals surface area contributed by atoms with Gasteiger partial charge in [-0.15, -0.1) is 0 Å². The Hall–Kier alpha value is -4.16. The van der Waals surface area contributed by atoms with Crippen LogP contribution in [0.15, 0.2) is 65.1 Å². The molecule has 10 heteroatoms. The van der Waals surface area contributed by atoms with E-state index < -0.39 is 17.9 Å². The molecular weight excluding hydrogens is 462 g/mol. The summed E-state index contributed by atoms with van der Waals surface area (Å²) >= 11 is 6.25. The summed E-state index contributed by atoms with van der Waals surface area (Å²) in [6.45, 7) is 0. The number of carbonyl (C=O) groups is 2. The number of anilines is 1. The van der Waals surface area contributed by atoms with Crippen LogP contribution in [0.5, 0.6) is 11.5 Å². The monoisotopic (exact) mass is 483 g/mol. The molecule has 0 aromatic heterocycles. The molecule has 1 heterocycles. The lowest BCUT2D eigenvalue weighted by molar-refractivity contribution is -0.139. The van der Waals surface area contributed by atoms with Crippen molar-refractivity contribution in [3.63, 3.8) is 0 Å². The highest BCUT2D eigenvalue weighted by Gasteiger charge is 2.43. The van der Waals surface area contributed by atoms with Crippen LogP contribution in [0.25, 0.3) is 0 Å². The Bertz CT molecular complexity index is 1230. The minimum absolute atomic E-state index is 0.0234. The number of halogens is 1. The molecule has 34 heavy (non-hydrogen) atoms. The maximum Gasteiger partial charge on any atom is 0.355 e. The second kappa shape index (κ2) is 10.2. The summed E-state index contributed by atoms with van der Waals surface area (Å²) in [5.74, 6) is -2.35. The number of esters is 2. The van der Waals surface area contributed by atoms with Crippen molar-refractivity contribution >= 4 is 29.2 Å². The summed E-state index contributed by atoms with van der Waals surface area (Å²) in [5, 5.41) is 10.3. The van der Waals surface area contributed by atoms with Gasteiger partial charge in [0.1, 0.15) is 23.0 Å². The highest BCUT2D eigenvalue weighted by atomic mass is 35.5. The van der Waals surface area contributed by atoms with Crippen LogP contribution in [0.3, 0.4) is 0 Å². The Kier molecular flexibility index (Phi) is 7.34. The van der Waals surface area contributed by atoms with Gasteiger partial charge in [-0.25, -0.2) is 9.59 Å². The number of rotatable bonds is 6. The number of nitrogens with zero attached hydrogens (tertiary/aromatic N) is 2. The smallest absolute Gasteiger partial charge is 0.355 e. The van der Waals surface area contributed by atoms with Gasteiger partial charge in [-0.2, -0.15) is 5.26 Å². The van der Waals surface area contributed by atoms with E-state index in [-0.39, 0.29) is 44.9 Å². The van der Waals surface area contributed by atoms with Crippen LogP contribution in [0.2, 0.25) is 5.02 Å². The highest BCUT2D eigenvalue weighted by molar-refractivity contribution is 6.32. The van der Waals surface area contributed by atoms with Crippen molar-refractivity contribution < 1.29 is 28.5 Å². The van der Waals surface area contributed by atoms with Crippen LogP contribution in [-0.2, 0) is 19.1 Å². The molecule has 1 aliphatic rings. The molecule has 1 unspecified atom stereocenters. The number of carbonyl (C=O) groups excluding carboxylic acids is 2. The highest BCUT2D eigenvalue weighted by Crippen LogP contribution is 2.47. The molecule has 0 fully saturated rings. The fourth-order valence-corrected chi connectivity index (χ4v) is 4.01. The first kappa shape index (κ1) is 24.5. The Morgan fingerprint density at radius 3 is 2.15 bits per heavy atom. The van der Waals surface area contributed by atoms with Crippen molar-refractivity contribution in [1.82, 2.24) is 0 Å². The first-order chi connectivity index (χ1) is 16.3. The predicted octanol–water partition coefficient (Wildman–Crippen LogP) is 3.25. The van der Waals surface area contributed by atoms with Gasteiger partial charge in [0.05, 0.1) is 62.3 Å². The Morgan fingerprint density at radius 1 is 1.00 bits per heavy atom. The van der Waals surface area contributed by atoms with Gasteiger partial charge in [0.2, 0.25) is 0 Å². The molecule has 3 rings (SSSR count). The molecule has 0 amide bonds. The zero-order valence-corrected chi connectivity index (χ0v) is 19.7. The molecular formula is C24H22ClN3O6. The van der Waals surface area contributed by atoms with Crippen LogP contribution >= 0.6 is 11.6 Å². The van der Waals surface area contributed by atoms with E-state index in [4.69, 9.17) is 36.3 Å². The molecule has 1 aliphatic heterocycles. The molecule has 0 bridgehead atoms. The van der Waals surface area contributed by atoms with E-state index in [1.807, 2.05) is 0 Å². The van der Waals surface area contributed by atoms with E-state index in [9.17, 15) is 14.9 Å². The normalized spacial score (nSPS) is 15.5. The lowest BCUT2D eigenvalue weighted by Gasteiger charge is -2.36. The van der Waals surface area contributed by atoms with Crippen LogP contribution in [-0.4, -0.2) is 40.4 Å². The molecule has 0 aliphatic carbocycles. The standard InChI is InChI=1S/C24H22ClN3O6/c1-31-17-11-16(18(32-2)10-15(17)25)28-21(24(30)34-4)20(23(29)33-3)19(14(12-26)22(28)27)13-8-6-5-7-9-13/h5-11,19H,27H2,1-4H3. The third kappa shape index (κ3) is 4.11. The number of nitrogens with two attached hydrogens (primary N) is 1. The maximum absolute atomic E-state index is 13.1. The Labute approximate surface area is 201 Å². The first-order valence-corrected chi connectivity index (χ1v) is 10.3. The number of nitriles is 1. The van der Waals surface area contributed by atoms with Crippen LogP contribution < -0.4 is 20.1 Å². The molecule has 1 atom stereocenters. The van der Waals surface area contributed by atoms with Gasteiger partial charge in [0.15, 0.2) is 0 Å². The molecule has 0 radical (unpaired) electrons. The van der Waals surface area contributed by atoms with Gasteiger partial charge in [0, 0.05) is 12.1 Å². The van der Waals surface area contributed by atoms with E-state index in [1.54, 1.807) is 30.3 Å². The van der Waals surface area contributed by atoms with E-state index in [0.717, 1.165) is 0 Å². The molecule has 2 aromatic carbocycles. The van der Waals surface area contributed by atoms with Crippen molar-refractivity contribution in [1.29, 1.82) is 5.26 Å². The van der Waals surface area contributed by atoms with Crippen molar-refractivity contribution in [2.24, 2.45) is 5.73 Å². The maximum atomic E-state index is 13.1. The predicted molar refractivity (Wildman–Crippen MR) is 124 cm³/mol. The summed E-state index contributed by atoms with van der Waals surface area (Å²) < 4.78 is 20.8. The number of hydrogen-bond donors (Lipinski definition) is 1. The molecule has 176 valence electrons. The third-order valence-corrected chi connectivity index (χ3v) is 5.60. The van der Waals surface area contributed by atoms with Gasteiger partial charge in [-0.05, 0) is 5.56 Å². The molecule has 9 nitrogen and oxygen atoms in total. The molecule has 0 spiro atoms. The summed E-state index contributed by atoms with van der Waals surface area (Å²) in [5.41, 5.74) is 6.92. The quantitative estimate of drug-likeness (QED) is 0.616. The van der Waals surface area contributed by atoms with E-state index in [2.05, 4.69) is 6.07 Å². The van der Waals surface area contributed by atoms with Gasteiger partial charge >= 0.3 is 11.9 Å². The number of methoxy groups -OCH3 is 4. The fourth-order valence-electron chi connectivity index (χ4n) is 3.78. The largest absolute Gasteiger partial charge is 0.495 e. The minimum atomic E-state index is -0.982. The van der Waals surface area contributed by atoms with Gasteiger partial charge in [0.25, 0.3) is 0 Å². The number of ether oxygens (including phenoxy) is 4. The van der Waals surface area contributed by atoms with Gasteiger partial charge in [-0.1, -0.05) is 41.9 Å². The lowest BCUT2D eigenvalue weighted by Crippen LogP contribution is -2.41. The summed E-state index contributed by atoms with van der Waals surface area (Å²) in [6.07, 6.45) is 0. The average Bonchev–Trinajstić information content (AvgIpc) is 2.87. The van der Waals surface area contributed by atoms with Gasteiger partial charge < -0.3 is 24.7 Å². The molecule has 2 N–H and O–H groups in total. The van der Waals surface area contributed by atoms with E-state index in [0.29, 0.717) is 5.56 Å². The number of allylic oxidation sites excluding steroid dienone is 1. The van der Waals surface area contributed by atoms with Crippen LogP contribution in [0.4, 0.5) is 5.69 Å². The van der Waals surface area contributed by atoms with Crippen molar-refractivity contribution in [3.8, 4) is 17.6 Å². The summed E-state index contributed by atoms with van der Waals surface area (Å²) in [4.78, 5) is 27.4. The summed E-state index contributed by atoms with van der Waals surface area (Å²) in [6, 6.07) is 13.7. The molecule has 0 saturated carbocycles. The number of benzene rings is 2. The topological polar surface area (TPSA) is 124 Å². The minimum Gasteiger partial charge on any atom is -0.495 e. The zero-order chi connectivity index (χ0) is 25.0. The van der Waals surface area contributed by atoms with E-state index in [1.165, 1.54) is 45.5 Å². The Balaban J connectivity index is 2.48. The fraction of sp³-hybridized carbons (Fsp3) is 0.208. The average molecular weight is 484 g/mol. The van der Waals surface area contributed by atoms with Crippen molar-refractivity contribution in [2.45, 2.75) is 5.92 Å². The Morgan fingerprint density at radius 2 is 1.62 bits per heavy atom. The second-order valence-electron chi connectivity index (χ2n) is 6.99. The van der Waals surface area contributed by atoms with Gasteiger partial charge in [-0.3, -0.25) is 4.90 Å². The second-order valence-corrected chi connectivity index (χ2v) is 7.40. The third-order valence-electron chi connectivity index (χ3n) is 5.30. The zero-order valence-electron chi connectivity index (χ0n) is 18.9. The molecule has 2 aromatic rings. The lowest BCUT2D eigenvalue weighted by atomic mass is 9.81. The van der Waals surface area contributed by atoms with Crippen LogP contribution in [0, 0.1) is 11.3 Å². The SMILES string of the molecule is COC(=O)C1=C(C(=O)OC)N(c2cc(OC)c(Cl)cc2OC)C(N)=C(C#N)C1c1ccccc1.